The molecule has 1 amide bonds. The van der Waals surface area contributed by atoms with Gasteiger partial charge in [0.1, 0.15) is 5.69 Å². The lowest BCUT2D eigenvalue weighted by molar-refractivity contribution is 0.0767. The van der Waals surface area contributed by atoms with E-state index in [9.17, 15) is 4.79 Å². The lowest BCUT2D eigenvalue weighted by atomic mass is 10.2. The number of hydrogen-bond donors (Lipinski definition) is 1. The molecule has 0 aromatic carbocycles. The van der Waals surface area contributed by atoms with Crippen LogP contribution in [0.3, 0.4) is 0 Å². The summed E-state index contributed by atoms with van der Waals surface area (Å²) in [4.78, 5) is 21.0. The van der Waals surface area contributed by atoms with E-state index in [2.05, 4.69) is 31.1 Å². The van der Waals surface area contributed by atoms with Crippen LogP contribution in [-0.2, 0) is 0 Å². The summed E-state index contributed by atoms with van der Waals surface area (Å²) < 4.78 is 0.897. The average molecular weight is 412 g/mol. The van der Waals surface area contributed by atoms with E-state index in [1.54, 1.807) is 12.3 Å². The highest BCUT2D eigenvalue weighted by molar-refractivity contribution is 9.10. The third kappa shape index (κ3) is 4.55. The molecule has 8 heteroatoms. The van der Waals surface area contributed by atoms with Crippen LogP contribution in [0.1, 0.15) is 16.9 Å². The molecule has 0 bridgehead atoms. The first-order valence-electron chi connectivity index (χ1n) is 7.09. The minimum absolute atomic E-state index is 0. The molecule has 2 aliphatic rings. The van der Waals surface area contributed by atoms with Crippen LogP contribution in [0.4, 0.5) is 0 Å². The minimum atomic E-state index is 0. The maximum absolute atomic E-state index is 12.4. The number of carbonyl (C=O) groups excluding carboxylic acids is 1. The highest BCUT2D eigenvalue weighted by Gasteiger charge is 2.31. The number of piperazine rings is 1. The zero-order valence-electron chi connectivity index (χ0n) is 12.2. The van der Waals surface area contributed by atoms with E-state index in [0.717, 1.165) is 50.2 Å². The molecule has 0 spiro atoms. The van der Waals surface area contributed by atoms with Crippen LogP contribution >= 0.6 is 40.7 Å². The third-order valence-corrected chi connectivity index (χ3v) is 4.53. The molecule has 1 aromatic rings. The molecule has 1 N–H and O–H groups in total. The van der Waals surface area contributed by atoms with E-state index in [1.165, 1.54) is 0 Å². The molecule has 1 unspecified atom stereocenters. The van der Waals surface area contributed by atoms with Crippen molar-refractivity contribution in [3.05, 3.63) is 28.5 Å². The van der Waals surface area contributed by atoms with E-state index in [-0.39, 0.29) is 30.7 Å². The molecular formula is C14H21BrCl2N4O. The Morgan fingerprint density at radius 2 is 1.95 bits per heavy atom. The molecule has 5 nitrogen and oxygen atoms in total. The van der Waals surface area contributed by atoms with Crippen molar-refractivity contribution >= 4 is 46.7 Å². The van der Waals surface area contributed by atoms with Crippen LogP contribution in [0.15, 0.2) is 22.8 Å². The van der Waals surface area contributed by atoms with Gasteiger partial charge < -0.3 is 10.2 Å². The van der Waals surface area contributed by atoms with Gasteiger partial charge in [0.25, 0.3) is 5.91 Å². The van der Waals surface area contributed by atoms with Crippen LogP contribution in [0.25, 0.3) is 0 Å². The maximum atomic E-state index is 12.4. The van der Waals surface area contributed by atoms with Gasteiger partial charge in [-0.1, -0.05) is 0 Å². The zero-order chi connectivity index (χ0) is 13.9. The molecule has 2 fully saturated rings. The number of amides is 1. The normalized spacial score (nSPS) is 21.9. The summed E-state index contributed by atoms with van der Waals surface area (Å²) in [7, 11) is 0. The molecule has 1 aromatic heterocycles. The largest absolute Gasteiger partial charge is 0.336 e. The fourth-order valence-electron chi connectivity index (χ4n) is 2.94. The first-order chi connectivity index (χ1) is 9.74. The lowest BCUT2D eigenvalue weighted by Gasteiger charge is -2.32. The van der Waals surface area contributed by atoms with Crippen LogP contribution in [-0.4, -0.2) is 66.0 Å². The summed E-state index contributed by atoms with van der Waals surface area (Å²) in [6.45, 7) is 5.95. The van der Waals surface area contributed by atoms with Gasteiger partial charge in [0.2, 0.25) is 0 Å². The summed E-state index contributed by atoms with van der Waals surface area (Å²) >= 11 is 3.34. The second-order valence-corrected chi connectivity index (χ2v) is 6.26. The topological polar surface area (TPSA) is 48.5 Å². The molecule has 3 rings (SSSR count). The smallest absolute Gasteiger partial charge is 0.272 e. The fraction of sp³-hybridized carbons (Fsp3) is 0.571. The number of hydrogen-bond acceptors (Lipinski definition) is 4. The van der Waals surface area contributed by atoms with Crippen molar-refractivity contribution in [3.8, 4) is 0 Å². The Balaban J connectivity index is 0.00000121. The number of likely N-dealkylation sites (tertiary alicyclic amines) is 1. The molecular weight excluding hydrogens is 391 g/mol. The number of pyridine rings is 1. The molecule has 2 aliphatic heterocycles. The zero-order valence-corrected chi connectivity index (χ0v) is 15.4. The van der Waals surface area contributed by atoms with Crippen molar-refractivity contribution in [2.75, 3.05) is 39.3 Å². The van der Waals surface area contributed by atoms with E-state index < -0.39 is 0 Å². The second kappa shape index (κ2) is 9.03. The third-order valence-electron chi connectivity index (χ3n) is 4.07. The number of nitrogens with one attached hydrogen (secondary N) is 1. The standard InChI is InChI=1S/C14H19BrN4O.2ClH/c15-11-1-2-13(17-9-11)14(20)19-6-3-12(10-19)18-7-4-16-5-8-18;;/h1-2,9,12,16H,3-8,10H2;2*1H. The van der Waals surface area contributed by atoms with Crippen LogP contribution in [0.2, 0.25) is 0 Å². The van der Waals surface area contributed by atoms with E-state index >= 15 is 0 Å². The number of carbonyl (C=O) groups is 1. The first kappa shape index (κ1) is 19.6. The van der Waals surface area contributed by atoms with Crippen LogP contribution in [0.5, 0.6) is 0 Å². The first-order valence-corrected chi connectivity index (χ1v) is 7.89. The molecule has 0 radical (unpaired) electrons. The van der Waals surface area contributed by atoms with Gasteiger partial charge in [-0.3, -0.25) is 9.69 Å². The second-order valence-electron chi connectivity index (χ2n) is 5.34. The number of aromatic nitrogens is 1. The summed E-state index contributed by atoms with van der Waals surface area (Å²) in [6.07, 6.45) is 2.75. The van der Waals surface area contributed by atoms with Crippen molar-refractivity contribution < 1.29 is 4.79 Å². The number of nitrogens with zero attached hydrogens (tertiary/aromatic N) is 3. The number of rotatable bonds is 2. The summed E-state index contributed by atoms with van der Waals surface area (Å²) in [5, 5.41) is 3.37. The average Bonchev–Trinajstić information content (AvgIpc) is 2.98. The van der Waals surface area contributed by atoms with Gasteiger partial charge >= 0.3 is 0 Å². The quantitative estimate of drug-likeness (QED) is 0.806. The van der Waals surface area contributed by atoms with Gasteiger partial charge in [-0.25, -0.2) is 4.98 Å². The Morgan fingerprint density at radius 3 is 2.59 bits per heavy atom. The monoisotopic (exact) mass is 410 g/mol. The van der Waals surface area contributed by atoms with Crippen molar-refractivity contribution in [1.82, 2.24) is 20.1 Å². The fourth-order valence-corrected chi connectivity index (χ4v) is 3.17. The van der Waals surface area contributed by atoms with Gasteiger partial charge in [0, 0.05) is 56.0 Å². The van der Waals surface area contributed by atoms with Gasteiger partial charge in [-0.15, -0.1) is 24.8 Å². The maximum Gasteiger partial charge on any atom is 0.272 e. The van der Waals surface area contributed by atoms with Crippen molar-refractivity contribution in [3.63, 3.8) is 0 Å². The molecule has 3 heterocycles. The van der Waals surface area contributed by atoms with Crippen molar-refractivity contribution in [2.45, 2.75) is 12.5 Å². The molecule has 22 heavy (non-hydrogen) atoms. The summed E-state index contributed by atoms with van der Waals surface area (Å²) in [6, 6.07) is 4.16. The molecule has 0 saturated carbocycles. The highest BCUT2D eigenvalue weighted by Crippen LogP contribution is 2.18. The van der Waals surface area contributed by atoms with Crippen molar-refractivity contribution in [1.29, 1.82) is 0 Å². The van der Waals surface area contributed by atoms with Gasteiger partial charge in [0.05, 0.1) is 0 Å². The van der Waals surface area contributed by atoms with Crippen LogP contribution < -0.4 is 5.32 Å². The predicted octanol–water partition coefficient (Wildman–Crippen LogP) is 1.81. The van der Waals surface area contributed by atoms with E-state index in [0.29, 0.717) is 11.7 Å². The Morgan fingerprint density at radius 1 is 1.23 bits per heavy atom. The highest BCUT2D eigenvalue weighted by atomic mass is 79.9. The molecule has 124 valence electrons. The SMILES string of the molecule is Cl.Cl.O=C(c1ccc(Br)cn1)N1CCC(N2CCNCC2)C1. The van der Waals surface area contributed by atoms with Gasteiger partial charge in [0.15, 0.2) is 0 Å². The Labute approximate surface area is 151 Å². The summed E-state index contributed by atoms with van der Waals surface area (Å²) in [5.74, 6) is 0.0511. The van der Waals surface area contributed by atoms with Gasteiger partial charge in [-0.05, 0) is 34.5 Å². The Bertz CT molecular complexity index is 482. The molecule has 2 saturated heterocycles. The minimum Gasteiger partial charge on any atom is -0.336 e. The molecule has 0 aliphatic carbocycles. The lowest BCUT2D eigenvalue weighted by Crippen LogP contribution is -2.49. The van der Waals surface area contributed by atoms with Crippen molar-refractivity contribution in [2.24, 2.45) is 0 Å². The molecule has 1 atom stereocenters. The van der Waals surface area contributed by atoms with E-state index in [1.807, 2.05) is 11.0 Å². The predicted molar refractivity (Wildman–Crippen MR) is 95.2 cm³/mol. The Hall–Kier alpha value is -0.400. The van der Waals surface area contributed by atoms with Crippen LogP contribution in [0, 0.1) is 0 Å². The summed E-state index contributed by atoms with van der Waals surface area (Å²) in [5.41, 5.74) is 0.536. The van der Waals surface area contributed by atoms with E-state index in [4.69, 9.17) is 0 Å². The number of halogens is 3. The van der Waals surface area contributed by atoms with Gasteiger partial charge in [-0.2, -0.15) is 0 Å². The Kier molecular flexibility index (Phi) is 8.07.